The van der Waals surface area contributed by atoms with Gasteiger partial charge in [0, 0.05) is 10.6 Å². The average Bonchev–Trinajstić information content (AvgIpc) is 2.26. The predicted octanol–water partition coefficient (Wildman–Crippen LogP) is 1.89. The predicted molar refractivity (Wildman–Crippen MR) is 65.6 cm³/mol. The summed E-state index contributed by atoms with van der Waals surface area (Å²) >= 11 is 6.89. The number of carbonyl (C=O) groups is 2. The van der Waals surface area contributed by atoms with E-state index in [0.717, 1.165) is 11.8 Å². The minimum atomic E-state index is -1.15. The monoisotopic (exact) mass is 275 g/mol. The second-order valence-electron chi connectivity index (χ2n) is 3.05. The van der Waals surface area contributed by atoms with Crippen LogP contribution in [0.2, 0.25) is 5.02 Å². The molecule has 0 aliphatic heterocycles. The molecule has 0 bridgehead atoms. The molecular weight excluding hydrogens is 266 g/mol. The Bertz CT molecular complexity index is 464. The Hall–Kier alpha value is -1.40. The molecule has 0 unspecified atom stereocenters. The first-order valence-electron chi connectivity index (χ1n) is 4.47. The van der Waals surface area contributed by atoms with Gasteiger partial charge in [0.15, 0.2) is 0 Å². The van der Waals surface area contributed by atoms with Gasteiger partial charge >= 0.3 is 11.9 Å². The van der Waals surface area contributed by atoms with Crippen molar-refractivity contribution in [3.8, 4) is 0 Å². The van der Waals surface area contributed by atoms with E-state index in [4.69, 9.17) is 22.4 Å². The molecule has 0 aliphatic rings. The quantitative estimate of drug-likeness (QED) is 0.495. The Kier molecular flexibility index (Phi) is 4.65. The van der Waals surface area contributed by atoms with Crippen molar-refractivity contribution in [2.75, 3.05) is 18.6 Å². The molecule has 0 aliphatic carbocycles. The van der Waals surface area contributed by atoms with Crippen LogP contribution in [-0.2, 0) is 9.53 Å². The normalized spacial score (nSPS) is 10.0. The highest BCUT2D eigenvalue weighted by Crippen LogP contribution is 2.33. The Balaban J connectivity index is 3.04. The number of carboxylic acids is 1. The summed E-state index contributed by atoms with van der Waals surface area (Å²) in [6, 6.07) is 2.74. The fraction of sp³-hybridized carbons (Fsp3) is 0.200. The molecule has 0 fully saturated rings. The van der Waals surface area contributed by atoms with Crippen molar-refractivity contribution in [2.24, 2.45) is 0 Å². The molecule has 92 valence electrons. The molecule has 3 N–H and O–H groups in total. The SMILES string of the molecule is COC(=O)CSc1c(Cl)cc(N)cc1C(=O)O. The van der Waals surface area contributed by atoms with E-state index in [9.17, 15) is 9.59 Å². The van der Waals surface area contributed by atoms with Crippen LogP contribution in [0.3, 0.4) is 0 Å². The number of esters is 1. The summed E-state index contributed by atoms with van der Waals surface area (Å²) in [6.07, 6.45) is 0. The third-order valence-corrected chi connectivity index (χ3v) is 3.38. The van der Waals surface area contributed by atoms with E-state index >= 15 is 0 Å². The lowest BCUT2D eigenvalue weighted by molar-refractivity contribution is -0.137. The number of nitrogen functional groups attached to an aromatic ring is 1. The van der Waals surface area contributed by atoms with Crippen LogP contribution in [0.25, 0.3) is 0 Å². The number of carbonyl (C=O) groups excluding carboxylic acids is 1. The second-order valence-corrected chi connectivity index (χ2v) is 4.44. The van der Waals surface area contributed by atoms with E-state index in [0.29, 0.717) is 4.90 Å². The molecule has 0 saturated carbocycles. The zero-order valence-electron chi connectivity index (χ0n) is 8.90. The smallest absolute Gasteiger partial charge is 0.336 e. The zero-order valence-corrected chi connectivity index (χ0v) is 10.5. The molecular formula is C10H10ClNO4S. The third-order valence-electron chi connectivity index (χ3n) is 1.86. The second kappa shape index (κ2) is 5.79. The summed E-state index contributed by atoms with van der Waals surface area (Å²) in [7, 11) is 1.26. The first-order chi connectivity index (χ1) is 7.95. The van der Waals surface area contributed by atoms with Crippen LogP contribution in [0.15, 0.2) is 17.0 Å². The number of benzene rings is 1. The lowest BCUT2D eigenvalue weighted by atomic mass is 10.2. The number of aromatic carboxylic acids is 1. The summed E-state index contributed by atoms with van der Waals surface area (Å²) in [4.78, 5) is 22.3. The number of halogens is 1. The van der Waals surface area contributed by atoms with Crippen LogP contribution in [-0.4, -0.2) is 29.9 Å². The van der Waals surface area contributed by atoms with Gasteiger partial charge in [0.05, 0.1) is 23.4 Å². The highest BCUT2D eigenvalue weighted by molar-refractivity contribution is 8.00. The fourth-order valence-corrected chi connectivity index (χ4v) is 2.38. The van der Waals surface area contributed by atoms with Crippen LogP contribution >= 0.6 is 23.4 Å². The lowest BCUT2D eigenvalue weighted by Gasteiger charge is -2.08. The average molecular weight is 276 g/mol. The van der Waals surface area contributed by atoms with E-state index in [1.165, 1.54) is 19.2 Å². The number of anilines is 1. The highest BCUT2D eigenvalue weighted by atomic mass is 35.5. The van der Waals surface area contributed by atoms with E-state index in [1.54, 1.807) is 0 Å². The number of hydrogen-bond acceptors (Lipinski definition) is 5. The summed E-state index contributed by atoms with van der Waals surface area (Å²) in [5.74, 6) is -1.62. The van der Waals surface area contributed by atoms with Gasteiger partial charge in [0.2, 0.25) is 0 Å². The third kappa shape index (κ3) is 3.54. The van der Waals surface area contributed by atoms with E-state index < -0.39 is 11.9 Å². The van der Waals surface area contributed by atoms with Crippen LogP contribution in [0.1, 0.15) is 10.4 Å². The molecule has 0 saturated heterocycles. The van der Waals surface area contributed by atoms with Crippen molar-refractivity contribution < 1.29 is 19.4 Å². The Morgan fingerprint density at radius 3 is 2.71 bits per heavy atom. The van der Waals surface area contributed by atoms with Gasteiger partial charge in [-0.1, -0.05) is 11.6 Å². The largest absolute Gasteiger partial charge is 0.478 e. The highest BCUT2D eigenvalue weighted by Gasteiger charge is 2.16. The molecule has 5 nitrogen and oxygen atoms in total. The molecule has 1 aromatic rings. The van der Waals surface area contributed by atoms with Gasteiger partial charge in [-0.3, -0.25) is 4.79 Å². The van der Waals surface area contributed by atoms with Crippen LogP contribution in [0.5, 0.6) is 0 Å². The minimum absolute atomic E-state index is 0.0135. The number of nitrogens with two attached hydrogens (primary N) is 1. The van der Waals surface area contributed by atoms with Gasteiger partial charge < -0.3 is 15.6 Å². The first kappa shape index (κ1) is 13.7. The number of thioether (sulfide) groups is 1. The van der Waals surface area contributed by atoms with Crippen molar-refractivity contribution in [2.45, 2.75) is 4.90 Å². The van der Waals surface area contributed by atoms with Crippen molar-refractivity contribution in [1.29, 1.82) is 0 Å². The number of rotatable bonds is 4. The van der Waals surface area contributed by atoms with Crippen molar-refractivity contribution in [3.63, 3.8) is 0 Å². The Labute approximate surface area is 107 Å². The molecule has 0 amide bonds. The summed E-state index contributed by atoms with van der Waals surface area (Å²) in [5, 5.41) is 9.20. The summed E-state index contributed by atoms with van der Waals surface area (Å²) in [6.45, 7) is 0. The van der Waals surface area contributed by atoms with E-state index in [2.05, 4.69) is 4.74 Å². The van der Waals surface area contributed by atoms with Gasteiger partial charge in [-0.2, -0.15) is 0 Å². The maximum Gasteiger partial charge on any atom is 0.336 e. The number of hydrogen-bond donors (Lipinski definition) is 2. The molecule has 1 aromatic carbocycles. The molecule has 17 heavy (non-hydrogen) atoms. The van der Waals surface area contributed by atoms with Crippen molar-refractivity contribution in [1.82, 2.24) is 0 Å². The molecule has 1 rings (SSSR count). The number of carboxylic acid groups (broad SMARTS) is 1. The number of ether oxygens (including phenoxy) is 1. The van der Waals surface area contributed by atoms with Crippen molar-refractivity contribution >= 4 is 41.0 Å². The van der Waals surface area contributed by atoms with Gasteiger partial charge in [-0.25, -0.2) is 4.79 Å². The maximum absolute atomic E-state index is 11.0. The van der Waals surface area contributed by atoms with Crippen LogP contribution in [0.4, 0.5) is 5.69 Å². The molecule has 0 radical (unpaired) electrons. The molecule has 7 heteroatoms. The van der Waals surface area contributed by atoms with Gasteiger partial charge in [0.25, 0.3) is 0 Å². The standard InChI is InChI=1S/C10H10ClNO4S/c1-16-8(13)4-17-9-6(10(14)15)2-5(12)3-7(9)11/h2-3H,4,12H2,1H3,(H,14,15). The molecule has 0 aromatic heterocycles. The lowest BCUT2D eigenvalue weighted by Crippen LogP contribution is -2.06. The number of methoxy groups -OCH3 is 1. The topological polar surface area (TPSA) is 89.6 Å². The Morgan fingerprint density at radius 1 is 1.53 bits per heavy atom. The first-order valence-corrected chi connectivity index (χ1v) is 5.84. The zero-order chi connectivity index (χ0) is 13.0. The summed E-state index contributed by atoms with van der Waals surface area (Å²) in [5.41, 5.74) is 5.73. The van der Waals surface area contributed by atoms with Gasteiger partial charge in [-0.05, 0) is 12.1 Å². The van der Waals surface area contributed by atoms with Gasteiger partial charge in [0.1, 0.15) is 0 Å². The molecule has 0 spiro atoms. The molecule has 0 atom stereocenters. The fourth-order valence-electron chi connectivity index (χ4n) is 1.11. The summed E-state index contributed by atoms with van der Waals surface area (Å²) < 4.78 is 4.46. The van der Waals surface area contributed by atoms with E-state index in [-0.39, 0.29) is 22.0 Å². The van der Waals surface area contributed by atoms with Gasteiger partial charge in [-0.15, -0.1) is 11.8 Å². The van der Waals surface area contributed by atoms with E-state index in [1.807, 2.05) is 0 Å². The van der Waals surface area contributed by atoms with Crippen molar-refractivity contribution in [3.05, 3.63) is 22.7 Å². The Morgan fingerprint density at radius 2 is 2.18 bits per heavy atom. The minimum Gasteiger partial charge on any atom is -0.478 e. The maximum atomic E-state index is 11.0. The van der Waals surface area contributed by atoms with Crippen LogP contribution < -0.4 is 5.73 Å². The molecule has 0 heterocycles. The van der Waals surface area contributed by atoms with Crippen LogP contribution in [0, 0.1) is 0 Å².